The van der Waals surface area contributed by atoms with E-state index in [1.807, 2.05) is 33.8 Å². The Labute approximate surface area is 91.3 Å². The smallest absolute Gasteiger partial charge is 0.160 e. The van der Waals surface area contributed by atoms with Gasteiger partial charge < -0.3 is 4.74 Å². The number of carbonyl (C=O) groups excluding carboxylic acids is 1. The molecule has 2 heteroatoms. The van der Waals surface area contributed by atoms with Gasteiger partial charge in [0.25, 0.3) is 0 Å². The minimum atomic E-state index is 0.121. The molecule has 0 spiro atoms. The Kier molecular flexibility index (Phi) is 3.51. The lowest BCUT2D eigenvalue weighted by Gasteiger charge is -2.14. The van der Waals surface area contributed by atoms with Crippen LogP contribution < -0.4 is 4.74 Å². The largest absolute Gasteiger partial charge is 0.494 e. The molecule has 0 aliphatic carbocycles. The number of ether oxygens (including phenoxy) is 1. The van der Waals surface area contributed by atoms with Crippen LogP contribution in [-0.2, 0) is 0 Å². The number of aryl methyl sites for hydroxylation is 1. The molecule has 1 aromatic rings. The first-order valence-electron chi connectivity index (χ1n) is 5.23. The third-order valence-electron chi connectivity index (χ3n) is 2.70. The van der Waals surface area contributed by atoms with Crippen molar-refractivity contribution in [1.82, 2.24) is 0 Å². The van der Waals surface area contributed by atoms with Crippen molar-refractivity contribution in [3.8, 4) is 5.75 Å². The van der Waals surface area contributed by atoms with Crippen molar-refractivity contribution in [2.75, 3.05) is 6.61 Å². The highest BCUT2D eigenvalue weighted by Crippen LogP contribution is 2.27. The number of hydrogen-bond donors (Lipinski definition) is 0. The molecule has 0 heterocycles. The summed E-state index contributed by atoms with van der Waals surface area (Å²) >= 11 is 0. The maximum Gasteiger partial charge on any atom is 0.160 e. The van der Waals surface area contributed by atoms with E-state index in [-0.39, 0.29) is 5.78 Å². The normalized spacial score (nSPS) is 10.2. The average Bonchev–Trinajstić information content (AvgIpc) is 2.13. The van der Waals surface area contributed by atoms with Crippen LogP contribution in [0.3, 0.4) is 0 Å². The lowest BCUT2D eigenvalue weighted by Crippen LogP contribution is -2.04. The second-order valence-corrected chi connectivity index (χ2v) is 3.81. The zero-order valence-corrected chi connectivity index (χ0v) is 10.1. The Morgan fingerprint density at radius 2 is 1.87 bits per heavy atom. The summed E-state index contributed by atoms with van der Waals surface area (Å²) in [7, 11) is 0. The van der Waals surface area contributed by atoms with Crippen LogP contribution in [0.25, 0.3) is 0 Å². The van der Waals surface area contributed by atoms with E-state index < -0.39 is 0 Å². The molecule has 0 aromatic heterocycles. The average molecular weight is 206 g/mol. The van der Waals surface area contributed by atoms with Gasteiger partial charge in [0.2, 0.25) is 0 Å². The molecule has 0 bridgehead atoms. The van der Waals surface area contributed by atoms with Crippen LogP contribution in [0.2, 0.25) is 0 Å². The van der Waals surface area contributed by atoms with E-state index in [4.69, 9.17) is 4.74 Å². The summed E-state index contributed by atoms with van der Waals surface area (Å²) in [5, 5.41) is 0. The van der Waals surface area contributed by atoms with Crippen LogP contribution in [0.1, 0.15) is 40.9 Å². The summed E-state index contributed by atoms with van der Waals surface area (Å²) in [4.78, 5) is 11.5. The highest BCUT2D eigenvalue weighted by atomic mass is 16.5. The van der Waals surface area contributed by atoms with Gasteiger partial charge in [-0.25, -0.2) is 0 Å². The van der Waals surface area contributed by atoms with Gasteiger partial charge in [0.1, 0.15) is 5.75 Å². The quantitative estimate of drug-likeness (QED) is 0.710. The van der Waals surface area contributed by atoms with Gasteiger partial charge in [-0.1, -0.05) is 0 Å². The molecule has 15 heavy (non-hydrogen) atoms. The van der Waals surface area contributed by atoms with Crippen LogP contribution in [-0.4, -0.2) is 12.4 Å². The number of ketones is 1. The highest BCUT2D eigenvalue weighted by Gasteiger charge is 2.13. The van der Waals surface area contributed by atoms with Gasteiger partial charge in [0, 0.05) is 5.56 Å². The zero-order valence-electron chi connectivity index (χ0n) is 10.1. The van der Waals surface area contributed by atoms with Crippen LogP contribution in [0.4, 0.5) is 0 Å². The van der Waals surface area contributed by atoms with Gasteiger partial charge >= 0.3 is 0 Å². The predicted octanol–water partition coefficient (Wildman–Crippen LogP) is 3.21. The molecule has 0 fully saturated rings. The number of rotatable bonds is 3. The van der Waals surface area contributed by atoms with Gasteiger partial charge in [-0.3, -0.25) is 4.79 Å². The third kappa shape index (κ3) is 2.20. The van der Waals surface area contributed by atoms with E-state index in [1.165, 1.54) is 0 Å². The van der Waals surface area contributed by atoms with Crippen molar-refractivity contribution in [1.29, 1.82) is 0 Å². The highest BCUT2D eigenvalue weighted by molar-refractivity contribution is 5.97. The summed E-state index contributed by atoms with van der Waals surface area (Å²) in [6, 6.07) is 1.95. The van der Waals surface area contributed by atoms with Gasteiger partial charge in [-0.15, -0.1) is 0 Å². The molecule has 0 saturated heterocycles. The van der Waals surface area contributed by atoms with Crippen LogP contribution in [0.15, 0.2) is 6.07 Å². The number of carbonyl (C=O) groups is 1. The fourth-order valence-corrected chi connectivity index (χ4v) is 1.89. The van der Waals surface area contributed by atoms with E-state index in [0.29, 0.717) is 6.61 Å². The molecular formula is C13H18O2. The monoisotopic (exact) mass is 206 g/mol. The summed E-state index contributed by atoms with van der Waals surface area (Å²) in [5.41, 5.74) is 3.92. The van der Waals surface area contributed by atoms with Crippen molar-refractivity contribution in [3.63, 3.8) is 0 Å². The Hall–Kier alpha value is -1.31. The first-order valence-corrected chi connectivity index (χ1v) is 5.23. The standard InChI is InChI=1S/C13H18O2/c1-6-15-12-7-8(2)13(11(5)14)10(4)9(12)3/h7H,6H2,1-5H3. The van der Waals surface area contributed by atoms with Crippen LogP contribution in [0, 0.1) is 20.8 Å². The first-order chi connectivity index (χ1) is 6.99. The van der Waals surface area contributed by atoms with E-state index >= 15 is 0 Å². The maximum absolute atomic E-state index is 11.5. The molecule has 0 atom stereocenters. The topological polar surface area (TPSA) is 26.3 Å². The molecule has 0 radical (unpaired) electrons. The zero-order chi connectivity index (χ0) is 11.6. The molecule has 0 amide bonds. The Balaban J connectivity index is 3.37. The molecule has 0 N–H and O–H groups in total. The van der Waals surface area contributed by atoms with Crippen molar-refractivity contribution in [2.24, 2.45) is 0 Å². The van der Waals surface area contributed by atoms with E-state index in [0.717, 1.165) is 28.0 Å². The van der Waals surface area contributed by atoms with Crippen molar-refractivity contribution in [2.45, 2.75) is 34.6 Å². The molecule has 0 saturated carbocycles. The Morgan fingerprint density at radius 1 is 1.27 bits per heavy atom. The van der Waals surface area contributed by atoms with Gasteiger partial charge in [0.05, 0.1) is 6.61 Å². The van der Waals surface area contributed by atoms with Gasteiger partial charge in [0.15, 0.2) is 5.78 Å². The van der Waals surface area contributed by atoms with Crippen molar-refractivity contribution < 1.29 is 9.53 Å². The molecular weight excluding hydrogens is 188 g/mol. The van der Waals surface area contributed by atoms with E-state index in [9.17, 15) is 4.79 Å². The maximum atomic E-state index is 11.5. The number of benzene rings is 1. The Bertz CT molecular complexity index is 392. The first kappa shape index (κ1) is 11.8. The SMILES string of the molecule is CCOc1cc(C)c(C(C)=O)c(C)c1C. The molecule has 1 aromatic carbocycles. The summed E-state index contributed by atoms with van der Waals surface area (Å²) in [6.07, 6.45) is 0. The van der Waals surface area contributed by atoms with Gasteiger partial charge in [-0.05, 0) is 57.4 Å². The predicted molar refractivity (Wildman–Crippen MR) is 61.8 cm³/mol. The molecule has 1 rings (SSSR count). The minimum absolute atomic E-state index is 0.121. The summed E-state index contributed by atoms with van der Waals surface area (Å²) in [6.45, 7) is 10.1. The van der Waals surface area contributed by atoms with Crippen molar-refractivity contribution >= 4 is 5.78 Å². The van der Waals surface area contributed by atoms with E-state index in [2.05, 4.69) is 0 Å². The summed E-state index contributed by atoms with van der Waals surface area (Å²) < 4.78 is 5.52. The lowest BCUT2D eigenvalue weighted by molar-refractivity contribution is 0.101. The van der Waals surface area contributed by atoms with Gasteiger partial charge in [-0.2, -0.15) is 0 Å². The molecule has 0 aliphatic heterocycles. The molecule has 82 valence electrons. The minimum Gasteiger partial charge on any atom is -0.494 e. The van der Waals surface area contributed by atoms with Crippen LogP contribution in [0.5, 0.6) is 5.75 Å². The second kappa shape index (κ2) is 4.47. The number of Topliss-reactive ketones (excluding diaryl/α,β-unsaturated/α-hetero) is 1. The molecule has 0 unspecified atom stereocenters. The number of hydrogen-bond acceptors (Lipinski definition) is 2. The second-order valence-electron chi connectivity index (χ2n) is 3.81. The molecule has 2 nitrogen and oxygen atoms in total. The van der Waals surface area contributed by atoms with E-state index in [1.54, 1.807) is 6.92 Å². The van der Waals surface area contributed by atoms with Crippen LogP contribution >= 0.6 is 0 Å². The fourth-order valence-electron chi connectivity index (χ4n) is 1.89. The lowest BCUT2D eigenvalue weighted by atomic mass is 9.95. The summed E-state index contributed by atoms with van der Waals surface area (Å²) in [5.74, 6) is 1.01. The third-order valence-corrected chi connectivity index (χ3v) is 2.70. The fraction of sp³-hybridized carbons (Fsp3) is 0.462. The molecule has 0 aliphatic rings. The Morgan fingerprint density at radius 3 is 2.33 bits per heavy atom. The van der Waals surface area contributed by atoms with Crippen molar-refractivity contribution in [3.05, 3.63) is 28.3 Å².